The first kappa shape index (κ1) is 16.0. The summed E-state index contributed by atoms with van der Waals surface area (Å²) in [5.74, 6) is 2.44. The molecule has 1 aromatic rings. The monoisotopic (exact) mass is 294 g/mol. The van der Waals surface area contributed by atoms with Crippen molar-refractivity contribution in [2.75, 3.05) is 37.0 Å². The van der Waals surface area contributed by atoms with Crippen LogP contribution in [0.1, 0.15) is 38.4 Å². The fraction of sp³-hybridized carbons (Fsp3) is 0.733. The number of nitrogens with one attached hydrogen (secondary N) is 1. The van der Waals surface area contributed by atoms with Gasteiger partial charge in [-0.15, -0.1) is 0 Å². The van der Waals surface area contributed by atoms with Gasteiger partial charge in [0.1, 0.15) is 18.2 Å². The summed E-state index contributed by atoms with van der Waals surface area (Å²) in [5.41, 5.74) is 0. The molecule has 1 aliphatic rings. The topological polar surface area (TPSA) is 70.5 Å². The highest BCUT2D eigenvalue weighted by Crippen LogP contribution is 2.29. The lowest BCUT2D eigenvalue weighted by Crippen LogP contribution is -2.41. The predicted molar refractivity (Wildman–Crippen MR) is 83.6 cm³/mol. The molecule has 0 unspecified atom stereocenters. The molecule has 6 nitrogen and oxygen atoms in total. The van der Waals surface area contributed by atoms with Crippen molar-refractivity contribution in [1.29, 1.82) is 0 Å². The Morgan fingerprint density at radius 2 is 2.24 bits per heavy atom. The molecule has 1 aliphatic carbocycles. The van der Waals surface area contributed by atoms with E-state index < -0.39 is 0 Å². The van der Waals surface area contributed by atoms with E-state index in [1.165, 1.54) is 19.3 Å². The minimum atomic E-state index is 0.207. The van der Waals surface area contributed by atoms with Crippen molar-refractivity contribution < 1.29 is 9.84 Å². The van der Waals surface area contributed by atoms with Crippen LogP contribution in [-0.4, -0.2) is 47.9 Å². The van der Waals surface area contributed by atoms with Crippen LogP contribution in [0.4, 0.5) is 11.6 Å². The molecule has 1 saturated carbocycles. The van der Waals surface area contributed by atoms with Crippen LogP contribution in [0.15, 0.2) is 6.07 Å². The summed E-state index contributed by atoms with van der Waals surface area (Å²) in [5, 5.41) is 12.2. The number of nitrogens with zero attached hydrogens (tertiary/aromatic N) is 3. The van der Waals surface area contributed by atoms with Crippen LogP contribution in [0.25, 0.3) is 0 Å². The molecule has 2 N–H and O–H groups in total. The number of hydrogen-bond donors (Lipinski definition) is 2. The molecule has 2 rings (SSSR count). The van der Waals surface area contributed by atoms with E-state index in [0.29, 0.717) is 25.1 Å². The van der Waals surface area contributed by atoms with Crippen molar-refractivity contribution in [2.24, 2.45) is 0 Å². The van der Waals surface area contributed by atoms with E-state index in [2.05, 4.69) is 20.2 Å². The number of aliphatic hydroxyl groups is 1. The Kier molecular flexibility index (Phi) is 6.20. The minimum absolute atomic E-state index is 0.207. The number of anilines is 2. The second-order valence-electron chi connectivity index (χ2n) is 5.27. The molecule has 1 aromatic heterocycles. The van der Waals surface area contributed by atoms with E-state index in [9.17, 15) is 0 Å². The van der Waals surface area contributed by atoms with Crippen molar-refractivity contribution in [3.05, 3.63) is 11.9 Å². The Morgan fingerprint density at radius 1 is 1.43 bits per heavy atom. The summed E-state index contributed by atoms with van der Waals surface area (Å²) in [7, 11) is 1.86. The predicted octanol–water partition coefficient (Wildman–Crippen LogP) is 1.80. The largest absolute Gasteiger partial charge is 0.396 e. The Morgan fingerprint density at radius 3 is 2.81 bits per heavy atom. The second kappa shape index (κ2) is 8.14. The summed E-state index contributed by atoms with van der Waals surface area (Å²) in [6.45, 7) is 4.08. The quantitative estimate of drug-likeness (QED) is 0.723. The third-order valence-electron chi connectivity index (χ3n) is 3.82. The van der Waals surface area contributed by atoms with Crippen LogP contribution in [0.2, 0.25) is 0 Å². The van der Waals surface area contributed by atoms with Gasteiger partial charge in [0, 0.05) is 38.9 Å². The molecule has 1 heterocycles. The Labute approximate surface area is 126 Å². The van der Waals surface area contributed by atoms with Gasteiger partial charge in [-0.3, -0.25) is 0 Å². The fourth-order valence-electron chi connectivity index (χ4n) is 2.44. The van der Waals surface area contributed by atoms with Gasteiger partial charge >= 0.3 is 0 Å². The molecule has 0 saturated heterocycles. The van der Waals surface area contributed by atoms with E-state index in [4.69, 9.17) is 9.84 Å². The van der Waals surface area contributed by atoms with Gasteiger partial charge in [-0.05, 0) is 32.6 Å². The Balaban J connectivity index is 2.20. The maximum Gasteiger partial charge on any atom is 0.158 e. The molecular weight excluding hydrogens is 268 g/mol. The first-order valence-electron chi connectivity index (χ1n) is 7.79. The lowest BCUT2D eigenvalue weighted by Gasteiger charge is -2.38. The highest BCUT2D eigenvalue weighted by molar-refractivity contribution is 5.50. The van der Waals surface area contributed by atoms with Gasteiger partial charge in [0.25, 0.3) is 0 Å². The molecule has 0 spiro atoms. The molecule has 0 amide bonds. The third kappa shape index (κ3) is 4.28. The van der Waals surface area contributed by atoms with Crippen LogP contribution in [0.5, 0.6) is 0 Å². The molecule has 0 atom stereocenters. The van der Waals surface area contributed by atoms with E-state index >= 15 is 0 Å². The SMILES string of the molecule is CCOCc1nc(NC)cc(N(CCCO)C2CCC2)n1. The van der Waals surface area contributed by atoms with Crippen LogP contribution in [0.3, 0.4) is 0 Å². The summed E-state index contributed by atoms with van der Waals surface area (Å²) < 4.78 is 5.42. The number of aromatic nitrogens is 2. The van der Waals surface area contributed by atoms with E-state index in [-0.39, 0.29) is 6.61 Å². The maximum absolute atomic E-state index is 9.11. The number of rotatable bonds is 9. The maximum atomic E-state index is 9.11. The first-order chi connectivity index (χ1) is 10.3. The van der Waals surface area contributed by atoms with Crippen molar-refractivity contribution in [3.63, 3.8) is 0 Å². The zero-order valence-electron chi connectivity index (χ0n) is 13.0. The highest BCUT2D eigenvalue weighted by Gasteiger charge is 2.26. The van der Waals surface area contributed by atoms with Crippen molar-refractivity contribution in [1.82, 2.24) is 9.97 Å². The van der Waals surface area contributed by atoms with Crippen LogP contribution in [-0.2, 0) is 11.3 Å². The van der Waals surface area contributed by atoms with E-state index in [0.717, 1.165) is 24.6 Å². The second-order valence-corrected chi connectivity index (χ2v) is 5.27. The average Bonchev–Trinajstić information content (AvgIpc) is 2.46. The molecule has 6 heteroatoms. The zero-order chi connectivity index (χ0) is 15.1. The third-order valence-corrected chi connectivity index (χ3v) is 3.82. The Hall–Kier alpha value is -1.40. The minimum Gasteiger partial charge on any atom is -0.396 e. The van der Waals surface area contributed by atoms with Gasteiger partial charge < -0.3 is 20.1 Å². The number of hydrogen-bond acceptors (Lipinski definition) is 6. The van der Waals surface area contributed by atoms with Crippen LogP contribution < -0.4 is 10.2 Å². The number of aliphatic hydroxyl groups excluding tert-OH is 1. The van der Waals surface area contributed by atoms with Gasteiger partial charge in [-0.25, -0.2) is 9.97 Å². The number of ether oxygens (including phenoxy) is 1. The lowest BCUT2D eigenvalue weighted by molar-refractivity contribution is 0.128. The summed E-state index contributed by atoms with van der Waals surface area (Å²) in [6, 6.07) is 2.52. The average molecular weight is 294 g/mol. The Bertz CT molecular complexity index is 438. The van der Waals surface area contributed by atoms with Crippen LogP contribution >= 0.6 is 0 Å². The van der Waals surface area contributed by atoms with Gasteiger partial charge in [0.15, 0.2) is 5.82 Å². The van der Waals surface area contributed by atoms with Crippen molar-refractivity contribution in [2.45, 2.75) is 45.3 Å². The van der Waals surface area contributed by atoms with E-state index in [1.54, 1.807) is 0 Å². The van der Waals surface area contributed by atoms with Crippen LogP contribution in [0, 0.1) is 0 Å². The van der Waals surface area contributed by atoms with Crippen molar-refractivity contribution in [3.8, 4) is 0 Å². The zero-order valence-corrected chi connectivity index (χ0v) is 13.0. The van der Waals surface area contributed by atoms with Crippen molar-refractivity contribution >= 4 is 11.6 Å². The molecular formula is C15H26N4O2. The molecule has 0 bridgehead atoms. The molecule has 0 aromatic carbocycles. The smallest absolute Gasteiger partial charge is 0.158 e. The summed E-state index contributed by atoms with van der Waals surface area (Å²) >= 11 is 0. The van der Waals surface area contributed by atoms with Gasteiger partial charge in [-0.1, -0.05) is 0 Å². The molecule has 0 aliphatic heterocycles. The molecule has 0 radical (unpaired) electrons. The van der Waals surface area contributed by atoms with E-state index in [1.807, 2.05) is 20.0 Å². The molecule has 21 heavy (non-hydrogen) atoms. The lowest BCUT2D eigenvalue weighted by atomic mass is 9.91. The van der Waals surface area contributed by atoms with Gasteiger partial charge in [-0.2, -0.15) is 0 Å². The standard InChI is InChI=1S/C15H26N4O2/c1-3-21-11-14-17-13(16-2)10-15(18-14)19(8-5-9-20)12-6-4-7-12/h10,12,20H,3-9,11H2,1-2H3,(H,16,17,18). The summed E-state index contributed by atoms with van der Waals surface area (Å²) in [4.78, 5) is 11.4. The summed E-state index contributed by atoms with van der Waals surface area (Å²) in [6.07, 6.45) is 4.43. The first-order valence-corrected chi connectivity index (χ1v) is 7.79. The van der Waals surface area contributed by atoms with Gasteiger partial charge in [0.2, 0.25) is 0 Å². The molecule has 118 valence electrons. The normalized spacial score (nSPS) is 14.8. The van der Waals surface area contributed by atoms with Gasteiger partial charge in [0.05, 0.1) is 0 Å². The highest BCUT2D eigenvalue weighted by atomic mass is 16.5. The molecule has 1 fully saturated rings. The fourth-order valence-corrected chi connectivity index (χ4v) is 2.44.